The first-order chi connectivity index (χ1) is 9.78. The number of nitrogens with zero attached hydrogens (tertiary/aromatic N) is 1. The van der Waals surface area contributed by atoms with Crippen molar-refractivity contribution in [2.24, 2.45) is 0 Å². The summed E-state index contributed by atoms with van der Waals surface area (Å²) in [5, 5.41) is 0. The summed E-state index contributed by atoms with van der Waals surface area (Å²) in [4.78, 5) is 3.41. The van der Waals surface area contributed by atoms with Crippen LogP contribution in [-0.4, -0.2) is 13.2 Å². The zero-order chi connectivity index (χ0) is 13.9. The smallest absolute Gasteiger partial charge is 0.187 e. The van der Waals surface area contributed by atoms with E-state index < -0.39 is 0 Å². The highest BCUT2D eigenvalue weighted by atomic mass is 16.6. The molecule has 0 saturated heterocycles. The minimum Gasteiger partial charge on any atom is -0.486 e. The molecule has 0 bridgehead atoms. The third-order valence-corrected chi connectivity index (χ3v) is 3.59. The summed E-state index contributed by atoms with van der Waals surface area (Å²) >= 11 is 0. The van der Waals surface area contributed by atoms with Gasteiger partial charge in [0.25, 0.3) is 0 Å². The van der Waals surface area contributed by atoms with E-state index in [4.69, 9.17) is 16.0 Å². The zero-order valence-electron chi connectivity index (χ0n) is 11.3. The Morgan fingerprint density at radius 1 is 0.950 bits per heavy atom. The molecule has 0 fully saturated rings. The molecule has 3 heteroatoms. The van der Waals surface area contributed by atoms with Crippen LogP contribution in [0.1, 0.15) is 24.0 Å². The summed E-state index contributed by atoms with van der Waals surface area (Å²) in [6.45, 7) is 10.3. The number of hydrogen-bond donors (Lipinski definition) is 0. The first kappa shape index (κ1) is 12.6. The highest BCUT2D eigenvalue weighted by Gasteiger charge is 2.15. The molecule has 1 atom stereocenters. The van der Waals surface area contributed by atoms with Gasteiger partial charge in [-0.25, -0.2) is 4.85 Å². The van der Waals surface area contributed by atoms with E-state index in [1.54, 1.807) is 0 Å². The molecule has 0 saturated carbocycles. The number of fused-ring (bicyclic) bond motifs is 1. The fraction of sp³-hybridized carbons (Fsp3) is 0.235. The first-order valence-corrected chi connectivity index (χ1v) is 6.65. The summed E-state index contributed by atoms with van der Waals surface area (Å²) in [6, 6.07) is 13.8. The van der Waals surface area contributed by atoms with Crippen LogP contribution < -0.4 is 9.47 Å². The van der Waals surface area contributed by atoms with Crippen molar-refractivity contribution in [2.45, 2.75) is 12.8 Å². The lowest BCUT2D eigenvalue weighted by Crippen LogP contribution is -2.15. The van der Waals surface area contributed by atoms with Gasteiger partial charge in [-0.05, 0) is 23.3 Å². The van der Waals surface area contributed by atoms with Crippen molar-refractivity contribution >= 4 is 5.69 Å². The van der Waals surface area contributed by atoms with E-state index in [-0.39, 0.29) is 5.92 Å². The molecule has 20 heavy (non-hydrogen) atoms. The minimum absolute atomic E-state index is 0.255. The second-order valence-corrected chi connectivity index (χ2v) is 4.83. The van der Waals surface area contributed by atoms with Crippen LogP contribution in [0.2, 0.25) is 0 Å². The fourth-order valence-corrected chi connectivity index (χ4v) is 2.36. The van der Waals surface area contributed by atoms with E-state index in [2.05, 4.69) is 17.8 Å². The maximum atomic E-state index is 6.98. The Kier molecular flexibility index (Phi) is 3.30. The Balaban J connectivity index is 1.89. The minimum atomic E-state index is 0.255. The normalized spacial score (nSPS) is 14.4. The molecule has 1 aliphatic rings. The van der Waals surface area contributed by atoms with Crippen molar-refractivity contribution in [1.82, 2.24) is 0 Å². The Morgan fingerprint density at radius 2 is 1.60 bits per heavy atom. The van der Waals surface area contributed by atoms with Crippen molar-refractivity contribution in [1.29, 1.82) is 0 Å². The van der Waals surface area contributed by atoms with Gasteiger partial charge in [-0.15, -0.1) is 0 Å². The lowest BCUT2D eigenvalue weighted by molar-refractivity contribution is 0.171. The largest absolute Gasteiger partial charge is 0.486 e. The molecule has 2 aromatic rings. The third-order valence-electron chi connectivity index (χ3n) is 3.59. The second-order valence-electron chi connectivity index (χ2n) is 4.83. The van der Waals surface area contributed by atoms with E-state index in [0.717, 1.165) is 11.5 Å². The van der Waals surface area contributed by atoms with Gasteiger partial charge in [-0.2, -0.15) is 0 Å². The van der Waals surface area contributed by atoms with Gasteiger partial charge >= 0.3 is 0 Å². The Hall–Kier alpha value is -2.47. The second kappa shape index (κ2) is 5.26. The molecule has 1 heterocycles. The van der Waals surface area contributed by atoms with Crippen molar-refractivity contribution in [2.75, 3.05) is 13.2 Å². The van der Waals surface area contributed by atoms with Gasteiger partial charge in [0.15, 0.2) is 17.2 Å². The third kappa shape index (κ3) is 2.33. The van der Waals surface area contributed by atoms with E-state index in [1.807, 2.05) is 36.4 Å². The van der Waals surface area contributed by atoms with Gasteiger partial charge < -0.3 is 9.47 Å². The molecule has 0 aromatic heterocycles. The van der Waals surface area contributed by atoms with E-state index in [0.29, 0.717) is 18.9 Å². The number of hydrogen-bond acceptors (Lipinski definition) is 2. The highest BCUT2D eigenvalue weighted by Crippen LogP contribution is 2.35. The molecule has 0 N–H and O–H groups in total. The van der Waals surface area contributed by atoms with Crippen molar-refractivity contribution < 1.29 is 9.47 Å². The fourth-order valence-electron chi connectivity index (χ4n) is 2.36. The van der Waals surface area contributed by atoms with Gasteiger partial charge in [-0.3, -0.25) is 0 Å². The summed E-state index contributed by atoms with van der Waals surface area (Å²) in [5.41, 5.74) is 3.04. The van der Waals surface area contributed by atoms with Gasteiger partial charge in [0.05, 0.1) is 6.57 Å². The maximum Gasteiger partial charge on any atom is 0.187 e. The van der Waals surface area contributed by atoms with E-state index >= 15 is 0 Å². The average molecular weight is 265 g/mol. The molecule has 3 rings (SSSR count). The van der Waals surface area contributed by atoms with Crippen LogP contribution in [-0.2, 0) is 0 Å². The molecule has 1 unspecified atom stereocenters. The molecule has 0 radical (unpaired) electrons. The van der Waals surface area contributed by atoms with Crippen LogP contribution in [0, 0.1) is 6.57 Å². The van der Waals surface area contributed by atoms with Gasteiger partial charge in [-0.1, -0.05) is 37.3 Å². The lowest BCUT2D eigenvalue weighted by atomic mass is 9.93. The lowest BCUT2D eigenvalue weighted by Gasteiger charge is -2.20. The Morgan fingerprint density at radius 3 is 2.30 bits per heavy atom. The van der Waals surface area contributed by atoms with Gasteiger partial charge in [0.2, 0.25) is 0 Å². The summed E-state index contributed by atoms with van der Waals surface area (Å²) in [6.07, 6.45) is 0. The SMILES string of the molecule is [C-]#[N+]c1ccc(C(C)c2ccc3c(c2)OCCO3)cc1. The quantitative estimate of drug-likeness (QED) is 0.761. The van der Waals surface area contributed by atoms with Gasteiger partial charge in [0, 0.05) is 5.92 Å². The molecule has 3 nitrogen and oxygen atoms in total. The molecule has 1 aliphatic heterocycles. The molecule has 2 aromatic carbocycles. The molecule has 100 valence electrons. The Labute approximate surface area is 118 Å². The average Bonchev–Trinajstić information content (AvgIpc) is 2.54. The zero-order valence-corrected chi connectivity index (χ0v) is 11.3. The van der Waals surface area contributed by atoms with Crippen molar-refractivity contribution in [3.05, 3.63) is 65.0 Å². The van der Waals surface area contributed by atoms with Crippen LogP contribution in [0.5, 0.6) is 11.5 Å². The van der Waals surface area contributed by atoms with Crippen molar-refractivity contribution in [3.63, 3.8) is 0 Å². The van der Waals surface area contributed by atoms with Gasteiger partial charge in [0.1, 0.15) is 13.2 Å². The predicted octanol–water partition coefficient (Wildman–Crippen LogP) is 4.16. The van der Waals surface area contributed by atoms with Crippen LogP contribution in [0.15, 0.2) is 42.5 Å². The monoisotopic (exact) mass is 265 g/mol. The Bertz CT molecular complexity index is 656. The molecular formula is C17H15NO2. The first-order valence-electron chi connectivity index (χ1n) is 6.65. The highest BCUT2D eigenvalue weighted by molar-refractivity contribution is 5.49. The molecule has 0 aliphatic carbocycles. The summed E-state index contributed by atoms with van der Waals surface area (Å²) in [7, 11) is 0. The topological polar surface area (TPSA) is 22.8 Å². The predicted molar refractivity (Wildman–Crippen MR) is 77.7 cm³/mol. The standard InChI is InChI=1S/C17H15NO2/c1-12(13-3-6-15(18-2)7-4-13)14-5-8-16-17(11-14)20-10-9-19-16/h3-8,11-12H,9-10H2,1H3. The van der Waals surface area contributed by atoms with Crippen molar-refractivity contribution in [3.8, 4) is 11.5 Å². The molecule has 0 amide bonds. The van der Waals surface area contributed by atoms with Crippen LogP contribution in [0.3, 0.4) is 0 Å². The molecular weight excluding hydrogens is 250 g/mol. The van der Waals surface area contributed by atoms with E-state index in [1.165, 1.54) is 11.1 Å². The number of rotatable bonds is 2. The molecule has 0 spiro atoms. The number of benzene rings is 2. The summed E-state index contributed by atoms with van der Waals surface area (Å²) in [5.74, 6) is 1.89. The van der Waals surface area contributed by atoms with E-state index in [9.17, 15) is 0 Å². The van der Waals surface area contributed by atoms with Crippen LogP contribution in [0.4, 0.5) is 5.69 Å². The van der Waals surface area contributed by atoms with Crippen LogP contribution in [0.25, 0.3) is 4.85 Å². The summed E-state index contributed by atoms with van der Waals surface area (Å²) < 4.78 is 11.2. The number of ether oxygens (including phenoxy) is 2. The van der Waals surface area contributed by atoms with Crippen LogP contribution >= 0.6 is 0 Å². The maximum absolute atomic E-state index is 6.98.